The Hall–Kier alpha value is -3.09. The van der Waals surface area contributed by atoms with Gasteiger partial charge in [-0.3, -0.25) is 0 Å². The quantitative estimate of drug-likeness (QED) is 0.406. The number of hydrogen-bond donors (Lipinski definition) is 1. The maximum atomic E-state index is 12.8. The summed E-state index contributed by atoms with van der Waals surface area (Å²) in [6.07, 6.45) is 0. The number of amidine groups is 1. The zero-order valence-corrected chi connectivity index (χ0v) is 11.3. The van der Waals surface area contributed by atoms with Crippen LogP contribution >= 0.6 is 0 Å². The van der Waals surface area contributed by atoms with Gasteiger partial charge in [0.25, 0.3) is 0 Å². The van der Waals surface area contributed by atoms with Crippen molar-refractivity contribution in [2.75, 3.05) is 6.79 Å². The molecule has 0 amide bonds. The molecule has 3 rings (SSSR count). The van der Waals surface area contributed by atoms with E-state index in [1.807, 2.05) is 0 Å². The highest BCUT2D eigenvalue weighted by atomic mass is 19.1. The minimum absolute atomic E-state index is 0.0332. The van der Waals surface area contributed by atoms with Crippen LogP contribution in [0.25, 0.3) is 0 Å². The van der Waals surface area contributed by atoms with Crippen molar-refractivity contribution in [3.8, 4) is 11.5 Å². The Morgan fingerprint density at radius 1 is 1.09 bits per heavy atom. The molecule has 0 bridgehead atoms. The number of carbonyl (C=O) groups is 1. The van der Waals surface area contributed by atoms with Crippen molar-refractivity contribution < 1.29 is 23.5 Å². The second-order valence-corrected chi connectivity index (χ2v) is 4.43. The van der Waals surface area contributed by atoms with E-state index < -0.39 is 11.8 Å². The molecule has 1 heterocycles. The van der Waals surface area contributed by atoms with Crippen LogP contribution in [0.15, 0.2) is 47.6 Å². The fourth-order valence-corrected chi connectivity index (χ4v) is 1.84. The molecule has 0 atom stereocenters. The molecule has 0 aromatic heterocycles. The Morgan fingerprint density at radius 2 is 1.77 bits per heavy atom. The average molecular weight is 302 g/mol. The maximum absolute atomic E-state index is 12.8. The zero-order valence-electron chi connectivity index (χ0n) is 11.3. The van der Waals surface area contributed by atoms with Gasteiger partial charge in [-0.15, -0.1) is 0 Å². The van der Waals surface area contributed by atoms with Crippen LogP contribution in [0.3, 0.4) is 0 Å². The van der Waals surface area contributed by atoms with Crippen molar-refractivity contribution in [1.82, 2.24) is 0 Å². The summed E-state index contributed by atoms with van der Waals surface area (Å²) in [5.74, 6) is -0.0952. The van der Waals surface area contributed by atoms with E-state index in [-0.39, 0.29) is 18.2 Å². The van der Waals surface area contributed by atoms with Gasteiger partial charge in [0.05, 0.1) is 5.56 Å². The minimum atomic E-state index is -0.691. The molecule has 22 heavy (non-hydrogen) atoms. The van der Waals surface area contributed by atoms with Crippen LogP contribution in [0, 0.1) is 5.82 Å². The lowest BCUT2D eigenvalue weighted by Gasteiger charge is -2.02. The van der Waals surface area contributed by atoms with E-state index in [1.54, 1.807) is 6.07 Å². The molecule has 0 unspecified atom stereocenters. The number of oxime groups is 1. The predicted octanol–water partition coefficient (Wildman–Crippen LogP) is 2.03. The average Bonchev–Trinajstić information content (AvgIpc) is 3.00. The first-order valence-electron chi connectivity index (χ1n) is 6.34. The standard InChI is InChI=1S/C15H11FN2O4/c16-11-4-1-9(2-5-11)14(17)18-22-15(19)10-3-6-12-13(7-10)21-8-20-12/h1-7H,8H2,(H2,17,18). The number of rotatable bonds is 3. The Balaban J connectivity index is 1.71. The molecule has 6 nitrogen and oxygen atoms in total. The summed E-state index contributed by atoms with van der Waals surface area (Å²) < 4.78 is 23.1. The topological polar surface area (TPSA) is 83.1 Å². The molecule has 1 aliphatic heterocycles. The largest absolute Gasteiger partial charge is 0.454 e. The number of halogens is 1. The minimum Gasteiger partial charge on any atom is -0.454 e. The molecule has 1 aliphatic rings. The van der Waals surface area contributed by atoms with Crippen LogP contribution in [0.4, 0.5) is 4.39 Å². The molecule has 0 saturated heterocycles. The first-order valence-corrected chi connectivity index (χ1v) is 6.34. The molecule has 7 heteroatoms. The first kappa shape index (κ1) is 13.9. The van der Waals surface area contributed by atoms with E-state index in [4.69, 9.17) is 20.0 Å². The van der Waals surface area contributed by atoms with Crippen LogP contribution in [0.5, 0.6) is 11.5 Å². The van der Waals surface area contributed by atoms with Crippen LogP contribution < -0.4 is 15.2 Å². The molecular weight excluding hydrogens is 291 g/mol. The summed E-state index contributed by atoms with van der Waals surface area (Å²) in [6, 6.07) is 9.96. The van der Waals surface area contributed by atoms with Gasteiger partial charge < -0.3 is 20.0 Å². The van der Waals surface area contributed by atoms with Gasteiger partial charge in [0.1, 0.15) is 5.82 Å². The van der Waals surface area contributed by atoms with Crippen molar-refractivity contribution in [3.05, 3.63) is 59.4 Å². The van der Waals surface area contributed by atoms with Crippen LogP contribution in [0.1, 0.15) is 15.9 Å². The lowest BCUT2D eigenvalue weighted by Crippen LogP contribution is -2.15. The predicted molar refractivity (Wildman–Crippen MR) is 75.1 cm³/mol. The molecule has 2 aromatic carbocycles. The highest BCUT2D eigenvalue weighted by Crippen LogP contribution is 2.32. The number of fused-ring (bicyclic) bond motifs is 1. The van der Waals surface area contributed by atoms with Crippen LogP contribution in [-0.4, -0.2) is 18.6 Å². The SMILES string of the molecule is N/C(=N\OC(=O)c1ccc2c(c1)OCO2)c1ccc(F)cc1. The smallest absolute Gasteiger partial charge is 0.365 e. The third-order valence-corrected chi connectivity index (χ3v) is 2.98. The van der Waals surface area contributed by atoms with Gasteiger partial charge in [-0.05, 0) is 42.5 Å². The molecule has 2 N–H and O–H groups in total. The summed E-state index contributed by atoms with van der Waals surface area (Å²) in [4.78, 5) is 16.7. The lowest BCUT2D eigenvalue weighted by molar-refractivity contribution is 0.0515. The molecule has 112 valence electrons. The fourth-order valence-electron chi connectivity index (χ4n) is 1.84. The number of nitrogens with zero attached hydrogens (tertiary/aromatic N) is 1. The highest BCUT2D eigenvalue weighted by Gasteiger charge is 2.17. The normalized spacial score (nSPS) is 13.0. The van der Waals surface area contributed by atoms with Crippen molar-refractivity contribution in [2.45, 2.75) is 0 Å². The highest BCUT2D eigenvalue weighted by molar-refractivity contribution is 5.98. The number of ether oxygens (including phenoxy) is 2. The second-order valence-electron chi connectivity index (χ2n) is 4.43. The molecule has 0 radical (unpaired) electrons. The second kappa shape index (κ2) is 5.72. The zero-order chi connectivity index (χ0) is 15.5. The van der Waals surface area contributed by atoms with Gasteiger partial charge in [0, 0.05) is 5.56 Å². The van der Waals surface area contributed by atoms with Crippen LogP contribution in [0.2, 0.25) is 0 Å². The van der Waals surface area contributed by atoms with Crippen molar-refractivity contribution in [3.63, 3.8) is 0 Å². The molecule has 2 aromatic rings. The van der Waals surface area contributed by atoms with Gasteiger partial charge in [0.2, 0.25) is 6.79 Å². The van der Waals surface area contributed by atoms with Crippen LogP contribution in [-0.2, 0) is 4.84 Å². The maximum Gasteiger partial charge on any atom is 0.365 e. The van der Waals surface area contributed by atoms with Gasteiger partial charge in [-0.25, -0.2) is 9.18 Å². The number of carbonyl (C=O) groups excluding carboxylic acids is 1. The first-order chi connectivity index (χ1) is 10.6. The van der Waals surface area contributed by atoms with Crippen molar-refractivity contribution in [1.29, 1.82) is 0 Å². The summed E-state index contributed by atoms with van der Waals surface area (Å²) in [5, 5.41) is 3.54. The van der Waals surface area contributed by atoms with Gasteiger partial charge in [-0.2, -0.15) is 0 Å². The monoisotopic (exact) mass is 302 g/mol. The van der Waals surface area contributed by atoms with Gasteiger partial charge >= 0.3 is 5.97 Å². The van der Waals surface area contributed by atoms with Crippen molar-refractivity contribution >= 4 is 11.8 Å². The third kappa shape index (κ3) is 2.83. The Bertz CT molecular complexity index is 744. The van der Waals surface area contributed by atoms with E-state index in [0.717, 1.165) is 0 Å². The van der Waals surface area contributed by atoms with E-state index in [9.17, 15) is 9.18 Å². The van der Waals surface area contributed by atoms with E-state index >= 15 is 0 Å². The summed E-state index contributed by atoms with van der Waals surface area (Å²) in [5.41, 5.74) is 6.36. The lowest BCUT2D eigenvalue weighted by atomic mass is 10.2. The fraction of sp³-hybridized carbons (Fsp3) is 0.0667. The third-order valence-electron chi connectivity index (χ3n) is 2.98. The molecule has 0 fully saturated rings. The Labute approximate surface area is 124 Å². The number of nitrogens with two attached hydrogens (primary N) is 1. The Morgan fingerprint density at radius 3 is 2.55 bits per heavy atom. The van der Waals surface area contributed by atoms with Gasteiger partial charge in [-0.1, -0.05) is 5.16 Å². The summed E-state index contributed by atoms with van der Waals surface area (Å²) in [6.45, 7) is 0.115. The van der Waals surface area contributed by atoms with E-state index in [0.29, 0.717) is 17.1 Å². The summed E-state index contributed by atoms with van der Waals surface area (Å²) in [7, 11) is 0. The molecular formula is C15H11FN2O4. The Kier molecular flexibility index (Phi) is 3.61. The summed E-state index contributed by atoms with van der Waals surface area (Å²) >= 11 is 0. The molecule has 0 aliphatic carbocycles. The molecule has 0 saturated carbocycles. The number of benzene rings is 2. The van der Waals surface area contributed by atoms with E-state index in [1.165, 1.54) is 36.4 Å². The van der Waals surface area contributed by atoms with Gasteiger partial charge in [0.15, 0.2) is 17.3 Å². The van der Waals surface area contributed by atoms with Crippen molar-refractivity contribution in [2.24, 2.45) is 10.9 Å². The molecule has 0 spiro atoms. The number of hydrogen-bond acceptors (Lipinski definition) is 5. The van der Waals surface area contributed by atoms with E-state index in [2.05, 4.69) is 5.16 Å².